The van der Waals surface area contributed by atoms with Crippen molar-refractivity contribution in [3.8, 4) is 5.75 Å². The van der Waals surface area contributed by atoms with Gasteiger partial charge in [0.2, 0.25) is 5.91 Å². The Morgan fingerprint density at radius 1 is 0.922 bits per heavy atom. The molecule has 0 unspecified atom stereocenters. The van der Waals surface area contributed by atoms with Crippen molar-refractivity contribution >= 4 is 35.2 Å². The highest BCUT2D eigenvalue weighted by Crippen LogP contribution is 2.30. The highest BCUT2D eigenvalue weighted by atomic mass is 32.1. The van der Waals surface area contributed by atoms with Gasteiger partial charge in [-0.1, -0.05) is 69.7 Å². The Hall–Kier alpha value is -4.49. The van der Waals surface area contributed by atoms with Crippen molar-refractivity contribution in [2.24, 2.45) is 11.8 Å². The van der Waals surface area contributed by atoms with Crippen molar-refractivity contribution in [1.29, 1.82) is 0 Å². The van der Waals surface area contributed by atoms with Gasteiger partial charge in [-0.2, -0.15) is 0 Å². The van der Waals surface area contributed by atoms with Crippen LogP contribution in [0.15, 0.2) is 60.0 Å². The van der Waals surface area contributed by atoms with Crippen LogP contribution in [0.2, 0.25) is 0 Å². The zero-order valence-electron chi connectivity index (χ0n) is 30.7. The predicted octanol–water partition coefficient (Wildman–Crippen LogP) is 5.91. The number of nitrogens with one attached hydrogen (secondary N) is 3. The summed E-state index contributed by atoms with van der Waals surface area (Å²) in [6.07, 6.45) is -0.359. The van der Waals surface area contributed by atoms with Gasteiger partial charge < -0.3 is 35.3 Å². The second-order valence-electron chi connectivity index (χ2n) is 13.7. The largest absolute Gasteiger partial charge is 0.497 e. The van der Waals surface area contributed by atoms with Crippen molar-refractivity contribution < 1.29 is 38.5 Å². The van der Waals surface area contributed by atoms with Gasteiger partial charge in [-0.15, -0.1) is 11.3 Å². The molecule has 6 atom stereocenters. The third-order valence-corrected chi connectivity index (χ3v) is 9.35. The summed E-state index contributed by atoms with van der Waals surface area (Å²) in [6.45, 7) is 10.8. The zero-order valence-corrected chi connectivity index (χ0v) is 31.5. The Morgan fingerprint density at radius 3 is 2.18 bits per heavy atom. The smallest absolute Gasteiger partial charge is 0.408 e. The number of carbonyl (C=O) groups excluding carboxylic acids is 4. The molecule has 12 nitrogen and oxygen atoms in total. The van der Waals surface area contributed by atoms with Crippen LogP contribution in [-0.2, 0) is 25.5 Å². The first-order valence-corrected chi connectivity index (χ1v) is 18.0. The molecule has 0 radical (unpaired) electrons. The summed E-state index contributed by atoms with van der Waals surface area (Å²) in [5, 5.41) is 22.0. The lowest BCUT2D eigenvalue weighted by molar-refractivity contribution is -0.145. The summed E-state index contributed by atoms with van der Waals surface area (Å²) in [7, 11) is 2.89. The molecule has 0 fully saturated rings. The maximum Gasteiger partial charge on any atom is 0.408 e. The number of rotatable bonds is 17. The van der Waals surface area contributed by atoms with Crippen LogP contribution in [-0.4, -0.2) is 65.9 Å². The molecule has 0 aliphatic carbocycles. The fourth-order valence-corrected chi connectivity index (χ4v) is 6.25. The normalized spacial score (nSPS) is 14.9. The molecule has 0 spiro atoms. The van der Waals surface area contributed by atoms with E-state index in [1.54, 1.807) is 64.5 Å². The molecule has 0 saturated heterocycles. The van der Waals surface area contributed by atoms with E-state index in [1.165, 1.54) is 7.11 Å². The molecule has 1 heterocycles. The Kier molecular flexibility index (Phi) is 15.4. The van der Waals surface area contributed by atoms with Crippen molar-refractivity contribution in [3.63, 3.8) is 0 Å². The molecule has 0 aliphatic rings. The summed E-state index contributed by atoms with van der Waals surface area (Å²) in [4.78, 5) is 56.5. The Bertz CT molecular complexity index is 1570. The number of esters is 1. The van der Waals surface area contributed by atoms with E-state index in [2.05, 4.69) is 20.9 Å². The monoisotopic (exact) mass is 724 g/mol. The summed E-state index contributed by atoms with van der Waals surface area (Å²) in [5.41, 5.74) is 1.07. The fraction of sp³-hybridized carbons (Fsp3) is 0.500. The molecular formula is C38H52N4O8S. The van der Waals surface area contributed by atoms with Crippen LogP contribution in [0.1, 0.15) is 99.6 Å². The first kappa shape index (κ1) is 40.9. The second kappa shape index (κ2) is 19.2. The number of hydrogen-bond donors (Lipinski definition) is 4. The van der Waals surface area contributed by atoms with Crippen molar-refractivity contribution in [2.75, 3.05) is 14.2 Å². The number of amides is 3. The minimum absolute atomic E-state index is 0.0274. The number of aliphatic hydroxyl groups excluding tert-OH is 1. The van der Waals surface area contributed by atoms with Crippen LogP contribution in [0.3, 0.4) is 0 Å². The van der Waals surface area contributed by atoms with Gasteiger partial charge >= 0.3 is 12.1 Å². The summed E-state index contributed by atoms with van der Waals surface area (Å²) >= 11 is 1.13. The van der Waals surface area contributed by atoms with Gasteiger partial charge in [0.25, 0.3) is 5.91 Å². The topological polar surface area (TPSA) is 165 Å². The summed E-state index contributed by atoms with van der Waals surface area (Å²) in [6, 6.07) is 14.8. The number of aromatic nitrogens is 1. The van der Waals surface area contributed by atoms with Crippen molar-refractivity contribution in [2.45, 2.75) is 97.1 Å². The average Bonchev–Trinajstić information content (AvgIpc) is 3.60. The van der Waals surface area contributed by atoms with Gasteiger partial charge in [0.05, 0.1) is 26.2 Å². The molecule has 0 bridgehead atoms. The van der Waals surface area contributed by atoms with Gasteiger partial charge in [-0.3, -0.25) is 14.4 Å². The van der Waals surface area contributed by atoms with Gasteiger partial charge in [0.1, 0.15) is 34.2 Å². The van der Waals surface area contributed by atoms with Crippen LogP contribution < -0.4 is 20.7 Å². The standard InChI is InChI=1S/C38H52N4O8S/c1-9-23(2)32(42-37(47)50-38(4,5)6)34(45)40-29(26-15-17-28(48-7)18-16-26)21-31(43)35-41-30(22-51-35)33(44)39-27(19-24(3)36(46)49-8)20-25-13-11-10-12-14-25/h10-18,22-24,27,29,31-32,43H,9,19-21H2,1-8H3,(H,39,44)(H,40,45)(H,42,47)/t23-,24-,27+,29+,31+,32-/m0/s1. The number of carbonyl (C=O) groups is 4. The van der Waals surface area contributed by atoms with Gasteiger partial charge in [0.15, 0.2) is 0 Å². The number of ether oxygens (including phenoxy) is 3. The van der Waals surface area contributed by atoms with Crippen molar-refractivity contribution in [1.82, 2.24) is 20.9 Å². The molecule has 1 aromatic heterocycles. The average molecular weight is 725 g/mol. The highest BCUT2D eigenvalue weighted by molar-refractivity contribution is 7.09. The van der Waals surface area contributed by atoms with Crippen molar-refractivity contribution in [3.05, 3.63) is 81.8 Å². The lowest BCUT2D eigenvalue weighted by atomic mass is 9.96. The van der Waals surface area contributed by atoms with E-state index in [4.69, 9.17) is 14.2 Å². The predicted molar refractivity (Wildman–Crippen MR) is 195 cm³/mol. The van der Waals surface area contributed by atoms with Gasteiger partial charge in [-0.25, -0.2) is 9.78 Å². The van der Waals surface area contributed by atoms with E-state index in [9.17, 15) is 24.3 Å². The van der Waals surface area contributed by atoms with E-state index in [-0.39, 0.29) is 30.0 Å². The van der Waals surface area contributed by atoms with Gasteiger partial charge in [0, 0.05) is 17.8 Å². The minimum atomic E-state index is -1.15. The maximum absolute atomic E-state index is 13.8. The lowest BCUT2D eigenvalue weighted by Gasteiger charge is -2.29. The third-order valence-electron chi connectivity index (χ3n) is 8.40. The minimum Gasteiger partial charge on any atom is -0.497 e. The van der Waals surface area contributed by atoms with Crippen LogP contribution in [0.4, 0.5) is 4.79 Å². The maximum atomic E-state index is 13.8. The number of thiazole rings is 1. The third kappa shape index (κ3) is 13.0. The molecular weight excluding hydrogens is 673 g/mol. The lowest BCUT2D eigenvalue weighted by Crippen LogP contribution is -2.52. The first-order valence-electron chi connectivity index (χ1n) is 17.1. The van der Waals surface area contributed by atoms with Crippen LogP contribution >= 0.6 is 11.3 Å². The summed E-state index contributed by atoms with van der Waals surface area (Å²) in [5.74, 6) is -1.28. The Balaban J connectivity index is 1.80. The molecule has 3 rings (SSSR count). The molecule has 278 valence electrons. The van der Waals surface area contributed by atoms with E-state index >= 15 is 0 Å². The SMILES string of the molecule is CC[C@H](C)[C@H](NC(=O)OC(C)(C)C)C(=O)N[C@H](C[C@@H](O)c1nc(C(=O)N[C@@H](Cc2ccccc2)C[C@H](C)C(=O)OC)cs1)c1ccc(OC)cc1. The molecule has 0 aliphatic heterocycles. The van der Waals surface area contributed by atoms with Crippen LogP contribution in [0, 0.1) is 11.8 Å². The first-order chi connectivity index (χ1) is 24.1. The number of benzene rings is 2. The van der Waals surface area contributed by atoms with E-state index in [0.29, 0.717) is 35.6 Å². The molecule has 3 amide bonds. The van der Waals surface area contributed by atoms with Crippen LogP contribution in [0.25, 0.3) is 0 Å². The molecule has 2 aromatic carbocycles. The quantitative estimate of drug-likeness (QED) is 0.124. The van der Waals surface area contributed by atoms with E-state index in [1.807, 2.05) is 44.2 Å². The van der Waals surface area contributed by atoms with E-state index < -0.39 is 47.6 Å². The number of hydrogen-bond acceptors (Lipinski definition) is 10. The number of methoxy groups -OCH3 is 2. The molecule has 13 heteroatoms. The van der Waals surface area contributed by atoms with E-state index in [0.717, 1.165) is 16.9 Å². The van der Waals surface area contributed by atoms with Gasteiger partial charge in [-0.05, 0) is 62.8 Å². The van der Waals surface area contributed by atoms with Crippen LogP contribution in [0.5, 0.6) is 5.75 Å². The molecule has 3 aromatic rings. The Morgan fingerprint density at radius 2 is 1.59 bits per heavy atom. The summed E-state index contributed by atoms with van der Waals surface area (Å²) < 4.78 is 15.6. The number of alkyl carbamates (subject to hydrolysis) is 1. The second-order valence-corrected chi connectivity index (χ2v) is 14.6. The molecule has 4 N–H and O–H groups in total. The Labute approximate surface area is 304 Å². The molecule has 51 heavy (non-hydrogen) atoms. The highest BCUT2D eigenvalue weighted by Gasteiger charge is 2.31. The fourth-order valence-electron chi connectivity index (χ4n) is 5.46. The number of aliphatic hydroxyl groups is 1. The molecule has 0 saturated carbocycles. The number of nitrogens with zero attached hydrogens (tertiary/aromatic N) is 1. The zero-order chi connectivity index (χ0) is 37.7.